The molecular formula is C11H15N5OS. The van der Waals surface area contributed by atoms with E-state index in [1.807, 2.05) is 11.8 Å². The quantitative estimate of drug-likeness (QED) is 0.735. The second-order valence-electron chi connectivity index (χ2n) is 4.72. The third kappa shape index (κ3) is 2.26. The van der Waals surface area contributed by atoms with Crippen molar-refractivity contribution in [3.8, 4) is 0 Å². The lowest BCUT2D eigenvalue weighted by Crippen LogP contribution is -2.37. The van der Waals surface area contributed by atoms with Crippen molar-refractivity contribution in [3.63, 3.8) is 0 Å². The Hall–Kier alpha value is -1.76. The summed E-state index contributed by atoms with van der Waals surface area (Å²) in [5.41, 5.74) is 10.8. The number of carbonyl (C=O) groups is 1. The Kier molecular flexibility index (Phi) is 3.16. The number of hydrogen-bond acceptors (Lipinski definition) is 5. The highest BCUT2D eigenvalue weighted by Gasteiger charge is 2.39. The molecule has 0 saturated carbocycles. The zero-order valence-corrected chi connectivity index (χ0v) is 10.9. The molecule has 1 amide bonds. The summed E-state index contributed by atoms with van der Waals surface area (Å²) in [6.07, 6.45) is 3.87. The van der Waals surface area contributed by atoms with Crippen LogP contribution in [0.2, 0.25) is 0 Å². The van der Waals surface area contributed by atoms with E-state index in [1.54, 1.807) is 6.20 Å². The number of carbonyl (C=O) groups excluding carboxylic acids is 1. The van der Waals surface area contributed by atoms with Gasteiger partial charge in [0, 0.05) is 13.1 Å². The molecule has 7 heteroatoms. The molecule has 1 fully saturated rings. The Morgan fingerprint density at radius 2 is 2.17 bits per heavy atom. The SMILES string of the molecule is CC1(C(N)=O)CCN(c2cnc(C(N)=S)cn2)C1. The number of nitrogens with zero attached hydrogens (tertiary/aromatic N) is 3. The third-order valence-corrected chi connectivity index (χ3v) is 3.49. The van der Waals surface area contributed by atoms with Gasteiger partial charge in [0.05, 0.1) is 17.8 Å². The summed E-state index contributed by atoms with van der Waals surface area (Å²) in [6.45, 7) is 3.16. The fourth-order valence-electron chi connectivity index (χ4n) is 1.97. The van der Waals surface area contributed by atoms with Crippen LogP contribution < -0.4 is 16.4 Å². The molecular weight excluding hydrogens is 250 g/mol. The number of primary amides is 1. The van der Waals surface area contributed by atoms with Crippen molar-refractivity contribution in [2.24, 2.45) is 16.9 Å². The minimum absolute atomic E-state index is 0.220. The summed E-state index contributed by atoms with van der Waals surface area (Å²) in [6, 6.07) is 0. The number of aromatic nitrogens is 2. The van der Waals surface area contributed by atoms with Crippen LogP contribution in [0.3, 0.4) is 0 Å². The third-order valence-electron chi connectivity index (χ3n) is 3.28. The fraction of sp³-hybridized carbons (Fsp3) is 0.455. The molecule has 1 aliphatic heterocycles. The van der Waals surface area contributed by atoms with Gasteiger partial charge in [-0.05, 0) is 13.3 Å². The standard InChI is InChI=1S/C11H15N5OS/c1-11(10(13)17)2-3-16(6-11)8-5-14-7(4-15-8)9(12)18/h4-5H,2-3,6H2,1H3,(H2,12,18)(H2,13,17). The lowest BCUT2D eigenvalue weighted by molar-refractivity contribution is -0.125. The van der Waals surface area contributed by atoms with Crippen LogP contribution in [0.5, 0.6) is 0 Å². The first kappa shape index (κ1) is 12.7. The van der Waals surface area contributed by atoms with Crippen molar-refractivity contribution in [1.82, 2.24) is 9.97 Å². The van der Waals surface area contributed by atoms with Gasteiger partial charge >= 0.3 is 0 Å². The van der Waals surface area contributed by atoms with Crippen molar-refractivity contribution < 1.29 is 4.79 Å². The predicted molar refractivity (Wildman–Crippen MR) is 72.1 cm³/mol. The smallest absolute Gasteiger partial charge is 0.225 e. The average Bonchev–Trinajstić information content (AvgIpc) is 2.73. The zero-order valence-electron chi connectivity index (χ0n) is 10.1. The van der Waals surface area contributed by atoms with Crippen LogP contribution in [0.25, 0.3) is 0 Å². The molecule has 1 saturated heterocycles. The number of thiocarbonyl (C=S) groups is 1. The van der Waals surface area contributed by atoms with Gasteiger partial charge in [-0.2, -0.15) is 0 Å². The Bertz CT molecular complexity index is 489. The molecule has 0 aliphatic carbocycles. The second-order valence-corrected chi connectivity index (χ2v) is 5.16. The summed E-state index contributed by atoms with van der Waals surface area (Å²) >= 11 is 4.81. The van der Waals surface area contributed by atoms with E-state index in [0.29, 0.717) is 18.1 Å². The second kappa shape index (κ2) is 4.49. The molecule has 0 bridgehead atoms. The normalized spacial score (nSPS) is 23.1. The number of anilines is 1. The molecule has 1 aliphatic rings. The van der Waals surface area contributed by atoms with Crippen LogP contribution in [0.15, 0.2) is 12.4 Å². The van der Waals surface area contributed by atoms with Gasteiger partial charge in [-0.25, -0.2) is 9.97 Å². The molecule has 2 rings (SSSR count). The average molecular weight is 265 g/mol. The molecule has 0 aromatic carbocycles. The Balaban J connectivity index is 2.15. The Morgan fingerprint density at radius 1 is 1.44 bits per heavy atom. The van der Waals surface area contributed by atoms with Crippen LogP contribution in [0.1, 0.15) is 19.0 Å². The van der Waals surface area contributed by atoms with Gasteiger partial charge in [0.25, 0.3) is 0 Å². The monoisotopic (exact) mass is 265 g/mol. The maximum absolute atomic E-state index is 11.4. The Labute approximate surface area is 110 Å². The van der Waals surface area contributed by atoms with E-state index < -0.39 is 5.41 Å². The lowest BCUT2D eigenvalue weighted by Gasteiger charge is -2.21. The van der Waals surface area contributed by atoms with Gasteiger partial charge in [0.1, 0.15) is 16.5 Å². The fourth-order valence-corrected chi connectivity index (χ4v) is 2.07. The summed E-state index contributed by atoms with van der Waals surface area (Å²) in [5, 5.41) is 0. The largest absolute Gasteiger partial charge is 0.388 e. The Morgan fingerprint density at radius 3 is 2.61 bits per heavy atom. The van der Waals surface area contributed by atoms with Gasteiger partial charge in [-0.1, -0.05) is 12.2 Å². The molecule has 4 N–H and O–H groups in total. The number of amides is 1. The van der Waals surface area contributed by atoms with Gasteiger partial charge in [-0.15, -0.1) is 0 Å². The van der Waals surface area contributed by atoms with Crippen molar-refractivity contribution in [1.29, 1.82) is 0 Å². The van der Waals surface area contributed by atoms with E-state index in [0.717, 1.165) is 13.0 Å². The maximum Gasteiger partial charge on any atom is 0.225 e. The van der Waals surface area contributed by atoms with Gasteiger partial charge in [0.15, 0.2) is 0 Å². The van der Waals surface area contributed by atoms with Crippen molar-refractivity contribution in [2.75, 3.05) is 18.0 Å². The summed E-state index contributed by atoms with van der Waals surface area (Å²) < 4.78 is 0. The van der Waals surface area contributed by atoms with Crippen LogP contribution in [-0.2, 0) is 4.79 Å². The number of nitrogens with two attached hydrogens (primary N) is 2. The van der Waals surface area contributed by atoms with E-state index >= 15 is 0 Å². The molecule has 1 unspecified atom stereocenters. The van der Waals surface area contributed by atoms with E-state index in [9.17, 15) is 4.79 Å². The molecule has 0 radical (unpaired) electrons. The van der Waals surface area contributed by atoms with Crippen molar-refractivity contribution in [3.05, 3.63) is 18.1 Å². The van der Waals surface area contributed by atoms with E-state index in [4.69, 9.17) is 23.7 Å². The van der Waals surface area contributed by atoms with Crippen molar-refractivity contribution in [2.45, 2.75) is 13.3 Å². The molecule has 6 nitrogen and oxygen atoms in total. The molecule has 2 heterocycles. The molecule has 18 heavy (non-hydrogen) atoms. The van der Waals surface area contributed by atoms with Crippen LogP contribution in [0.4, 0.5) is 5.82 Å². The lowest BCUT2D eigenvalue weighted by atomic mass is 9.89. The number of hydrogen-bond donors (Lipinski definition) is 2. The highest BCUT2D eigenvalue weighted by molar-refractivity contribution is 7.80. The van der Waals surface area contributed by atoms with E-state index in [2.05, 4.69) is 9.97 Å². The maximum atomic E-state index is 11.4. The van der Waals surface area contributed by atoms with Crippen LogP contribution in [-0.4, -0.2) is 34.0 Å². The molecule has 1 aromatic rings. The molecule has 0 spiro atoms. The van der Waals surface area contributed by atoms with Crippen molar-refractivity contribution >= 4 is 28.9 Å². The minimum Gasteiger partial charge on any atom is -0.388 e. The first-order valence-electron chi connectivity index (χ1n) is 5.59. The molecule has 1 aromatic heterocycles. The van der Waals surface area contributed by atoms with E-state index in [-0.39, 0.29) is 10.9 Å². The number of rotatable bonds is 3. The first-order valence-corrected chi connectivity index (χ1v) is 6.00. The van der Waals surface area contributed by atoms with Gasteiger partial charge in [-0.3, -0.25) is 4.79 Å². The molecule has 1 atom stereocenters. The van der Waals surface area contributed by atoms with Crippen LogP contribution >= 0.6 is 12.2 Å². The highest BCUT2D eigenvalue weighted by Crippen LogP contribution is 2.31. The van der Waals surface area contributed by atoms with Gasteiger partial charge < -0.3 is 16.4 Å². The van der Waals surface area contributed by atoms with Gasteiger partial charge in [0.2, 0.25) is 5.91 Å². The highest BCUT2D eigenvalue weighted by atomic mass is 32.1. The van der Waals surface area contributed by atoms with E-state index in [1.165, 1.54) is 6.20 Å². The summed E-state index contributed by atoms with van der Waals surface area (Å²) in [5.74, 6) is 0.428. The summed E-state index contributed by atoms with van der Waals surface area (Å²) in [4.78, 5) is 22.0. The summed E-state index contributed by atoms with van der Waals surface area (Å²) in [7, 11) is 0. The molecule has 96 valence electrons. The minimum atomic E-state index is -0.497. The predicted octanol–water partition coefficient (Wildman–Crippen LogP) is -0.188. The topological polar surface area (TPSA) is 98.1 Å². The zero-order chi connectivity index (χ0) is 13.3. The first-order chi connectivity index (χ1) is 8.42. The van der Waals surface area contributed by atoms with Crippen LogP contribution in [0, 0.1) is 5.41 Å².